The van der Waals surface area contributed by atoms with E-state index in [1.54, 1.807) is 20.0 Å². The first-order valence-electron chi connectivity index (χ1n) is 8.48. The Balaban J connectivity index is 1.85. The van der Waals surface area contributed by atoms with Crippen molar-refractivity contribution in [2.75, 3.05) is 7.11 Å². The van der Waals surface area contributed by atoms with E-state index in [1.807, 2.05) is 0 Å². The van der Waals surface area contributed by atoms with Gasteiger partial charge in [-0.25, -0.2) is 18.7 Å². The number of carbonyl (C=O) groups is 1. The van der Waals surface area contributed by atoms with Crippen LogP contribution in [0.3, 0.4) is 0 Å². The van der Waals surface area contributed by atoms with Crippen LogP contribution in [0.5, 0.6) is 5.75 Å². The third-order valence-electron chi connectivity index (χ3n) is 4.56. The fourth-order valence-corrected chi connectivity index (χ4v) is 3.00. The van der Waals surface area contributed by atoms with Gasteiger partial charge in [0.15, 0.2) is 22.7 Å². The van der Waals surface area contributed by atoms with Gasteiger partial charge in [0.25, 0.3) is 5.56 Å². The summed E-state index contributed by atoms with van der Waals surface area (Å²) in [5.74, 6) is -1.00. The Hall–Kier alpha value is -3.43. The number of amides is 1. The number of aromatic nitrogens is 4. The molecule has 1 amide bonds. The molecule has 9 nitrogen and oxygen atoms in total. The van der Waals surface area contributed by atoms with E-state index >= 15 is 0 Å². The van der Waals surface area contributed by atoms with Crippen LogP contribution in [0.15, 0.2) is 34.1 Å². The first-order chi connectivity index (χ1) is 13.2. The topological polar surface area (TPSA) is 100 Å². The molecule has 3 rings (SSSR count). The van der Waals surface area contributed by atoms with Gasteiger partial charge in [-0.2, -0.15) is 0 Å². The van der Waals surface area contributed by atoms with Gasteiger partial charge in [-0.15, -0.1) is 0 Å². The van der Waals surface area contributed by atoms with Crippen molar-refractivity contribution >= 4 is 17.1 Å². The predicted octanol–water partition coefficient (Wildman–Crippen LogP) is 0.459. The highest BCUT2D eigenvalue weighted by Gasteiger charge is 2.18. The number of benzene rings is 1. The molecular formula is C18H20FN5O4. The molecule has 0 saturated heterocycles. The van der Waals surface area contributed by atoms with Gasteiger partial charge in [-0.05, 0) is 24.6 Å². The number of nitrogens with zero attached hydrogens (tertiary/aromatic N) is 4. The maximum absolute atomic E-state index is 13.9. The molecule has 0 aliphatic rings. The lowest BCUT2D eigenvalue weighted by atomic mass is 10.1. The molecule has 0 fully saturated rings. The van der Waals surface area contributed by atoms with Crippen LogP contribution in [0.1, 0.15) is 18.5 Å². The molecule has 0 bridgehead atoms. The Labute approximate surface area is 159 Å². The van der Waals surface area contributed by atoms with Crippen molar-refractivity contribution in [1.82, 2.24) is 24.0 Å². The van der Waals surface area contributed by atoms with Crippen LogP contribution in [0.25, 0.3) is 11.2 Å². The van der Waals surface area contributed by atoms with Crippen molar-refractivity contribution < 1.29 is 13.9 Å². The summed E-state index contributed by atoms with van der Waals surface area (Å²) < 4.78 is 22.3. The summed E-state index contributed by atoms with van der Waals surface area (Å²) in [7, 11) is 4.47. The lowest BCUT2D eigenvalue weighted by molar-refractivity contribution is -0.122. The number of imidazole rings is 1. The number of hydrogen-bond acceptors (Lipinski definition) is 5. The first kappa shape index (κ1) is 19.3. The quantitative estimate of drug-likeness (QED) is 0.683. The van der Waals surface area contributed by atoms with Gasteiger partial charge in [0.05, 0.1) is 19.5 Å². The lowest BCUT2D eigenvalue weighted by Gasteiger charge is -2.16. The van der Waals surface area contributed by atoms with Crippen LogP contribution in [-0.4, -0.2) is 31.7 Å². The average molecular weight is 389 g/mol. The Morgan fingerprint density at radius 1 is 1.32 bits per heavy atom. The Morgan fingerprint density at radius 2 is 2.04 bits per heavy atom. The monoisotopic (exact) mass is 389 g/mol. The number of nitrogens with one attached hydrogen (secondary N) is 1. The normalized spacial score (nSPS) is 12.2. The zero-order chi connectivity index (χ0) is 20.6. The van der Waals surface area contributed by atoms with Gasteiger partial charge >= 0.3 is 5.69 Å². The molecule has 1 atom stereocenters. The Bertz CT molecular complexity index is 1180. The molecule has 0 radical (unpaired) electrons. The maximum Gasteiger partial charge on any atom is 0.332 e. The van der Waals surface area contributed by atoms with Crippen LogP contribution in [0.4, 0.5) is 4.39 Å². The minimum absolute atomic E-state index is 0.0989. The molecule has 0 saturated carbocycles. The summed E-state index contributed by atoms with van der Waals surface area (Å²) in [6.45, 7) is 1.21. The van der Waals surface area contributed by atoms with Gasteiger partial charge in [0.1, 0.15) is 6.54 Å². The highest BCUT2D eigenvalue weighted by atomic mass is 19.1. The van der Waals surface area contributed by atoms with Crippen molar-refractivity contribution in [1.29, 1.82) is 0 Å². The Kier molecular flexibility index (Phi) is 5.04. The van der Waals surface area contributed by atoms with Gasteiger partial charge in [0, 0.05) is 14.1 Å². The van der Waals surface area contributed by atoms with Gasteiger partial charge in [0.2, 0.25) is 5.91 Å². The molecule has 0 unspecified atom stereocenters. The fourth-order valence-electron chi connectivity index (χ4n) is 3.00. The number of aryl methyl sites for hydroxylation is 2. The van der Waals surface area contributed by atoms with Crippen molar-refractivity contribution in [2.45, 2.75) is 19.5 Å². The second-order valence-corrected chi connectivity index (χ2v) is 6.44. The summed E-state index contributed by atoms with van der Waals surface area (Å²) >= 11 is 0. The number of ether oxygens (including phenoxy) is 1. The predicted molar refractivity (Wildman–Crippen MR) is 99.7 cm³/mol. The smallest absolute Gasteiger partial charge is 0.332 e. The number of rotatable bonds is 5. The van der Waals surface area contributed by atoms with Gasteiger partial charge < -0.3 is 14.6 Å². The van der Waals surface area contributed by atoms with E-state index in [0.717, 1.165) is 4.57 Å². The van der Waals surface area contributed by atoms with E-state index in [0.29, 0.717) is 5.56 Å². The molecule has 2 heterocycles. The second kappa shape index (κ2) is 7.29. The summed E-state index contributed by atoms with van der Waals surface area (Å²) in [6, 6.07) is 3.81. The number of carbonyl (C=O) groups excluding carboxylic acids is 1. The first-order valence-corrected chi connectivity index (χ1v) is 8.48. The summed E-state index contributed by atoms with van der Waals surface area (Å²) in [5, 5.41) is 2.66. The highest BCUT2D eigenvalue weighted by Crippen LogP contribution is 2.21. The molecule has 148 valence electrons. The summed E-state index contributed by atoms with van der Waals surface area (Å²) in [5.41, 5.74) is -0.253. The van der Waals surface area contributed by atoms with E-state index in [-0.39, 0.29) is 16.9 Å². The van der Waals surface area contributed by atoms with Crippen LogP contribution in [-0.2, 0) is 25.4 Å². The van der Waals surface area contributed by atoms with Crippen molar-refractivity contribution in [3.8, 4) is 5.75 Å². The molecule has 0 spiro atoms. The average Bonchev–Trinajstić information content (AvgIpc) is 3.05. The lowest BCUT2D eigenvalue weighted by Crippen LogP contribution is -2.43. The summed E-state index contributed by atoms with van der Waals surface area (Å²) in [6.07, 6.45) is 1.43. The van der Waals surface area contributed by atoms with Crippen LogP contribution in [0.2, 0.25) is 0 Å². The molecule has 10 heteroatoms. The van der Waals surface area contributed by atoms with E-state index in [4.69, 9.17) is 4.74 Å². The zero-order valence-corrected chi connectivity index (χ0v) is 15.9. The molecule has 2 aromatic heterocycles. The van der Waals surface area contributed by atoms with Crippen molar-refractivity contribution in [2.24, 2.45) is 14.1 Å². The molecule has 0 aliphatic heterocycles. The molecule has 3 aromatic rings. The number of hydrogen-bond donors (Lipinski definition) is 1. The Morgan fingerprint density at radius 3 is 2.68 bits per heavy atom. The molecule has 1 aromatic carbocycles. The minimum Gasteiger partial charge on any atom is -0.494 e. The van der Waals surface area contributed by atoms with Crippen LogP contribution in [0, 0.1) is 5.82 Å². The van der Waals surface area contributed by atoms with E-state index in [9.17, 15) is 18.8 Å². The van der Waals surface area contributed by atoms with Crippen LogP contribution < -0.4 is 21.3 Å². The fraction of sp³-hybridized carbons (Fsp3) is 0.333. The standard InChI is InChI=1S/C18H20FN5O4/c1-10(11-5-6-13(28-4)12(19)7-11)21-14(25)8-24-17(26)15-16(20-9-22(15)2)23(3)18(24)27/h5-7,9-10H,8H2,1-4H3,(H,21,25)/t10-/m0/s1. The second-order valence-electron chi connectivity index (χ2n) is 6.44. The van der Waals surface area contributed by atoms with Crippen molar-refractivity contribution in [3.63, 3.8) is 0 Å². The van der Waals surface area contributed by atoms with Gasteiger partial charge in [-0.1, -0.05) is 6.07 Å². The number of methoxy groups -OCH3 is 1. The minimum atomic E-state index is -0.644. The number of fused-ring (bicyclic) bond motifs is 1. The highest BCUT2D eigenvalue weighted by molar-refractivity contribution is 5.77. The van der Waals surface area contributed by atoms with E-state index in [1.165, 1.54) is 41.8 Å². The van der Waals surface area contributed by atoms with Gasteiger partial charge in [-0.3, -0.25) is 14.2 Å². The maximum atomic E-state index is 13.9. The molecule has 28 heavy (non-hydrogen) atoms. The van der Waals surface area contributed by atoms with E-state index in [2.05, 4.69) is 10.3 Å². The largest absolute Gasteiger partial charge is 0.494 e. The molecule has 0 aliphatic carbocycles. The third-order valence-corrected chi connectivity index (χ3v) is 4.56. The van der Waals surface area contributed by atoms with Crippen molar-refractivity contribution in [3.05, 3.63) is 56.7 Å². The van der Waals surface area contributed by atoms with E-state index < -0.39 is 35.6 Å². The number of halogens is 1. The zero-order valence-electron chi connectivity index (χ0n) is 15.9. The third kappa shape index (κ3) is 3.28. The van der Waals surface area contributed by atoms with Crippen LogP contribution >= 0.6 is 0 Å². The summed E-state index contributed by atoms with van der Waals surface area (Å²) in [4.78, 5) is 41.5. The molecule has 1 N–H and O–H groups in total. The SMILES string of the molecule is COc1ccc([C@H](C)NC(=O)Cn2c(=O)c3c(ncn3C)n(C)c2=O)cc1F. The molecular weight excluding hydrogens is 369 g/mol.